The van der Waals surface area contributed by atoms with Gasteiger partial charge in [-0.15, -0.1) is 0 Å². The molecule has 0 saturated heterocycles. The molecule has 0 aliphatic carbocycles. The fourth-order valence-electron chi connectivity index (χ4n) is 1.80. The SMILES string of the molecule is CCOc1ccc(C(=O)NNC(=O)c2ccc(F)cc2Cl)cc1. The minimum atomic E-state index is -0.644. The van der Waals surface area contributed by atoms with E-state index in [9.17, 15) is 14.0 Å². The summed E-state index contributed by atoms with van der Waals surface area (Å²) in [6, 6.07) is 9.79. The monoisotopic (exact) mass is 336 g/mol. The largest absolute Gasteiger partial charge is 0.494 e. The number of carbonyl (C=O) groups excluding carboxylic acids is 2. The van der Waals surface area contributed by atoms with E-state index in [1.807, 2.05) is 6.92 Å². The molecule has 120 valence electrons. The van der Waals surface area contributed by atoms with Gasteiger partial charge in [-0.1, -0.05) is 11.6 Å². The van der Waals surface area contributed by atoms with Crippen molar-refractivity contribution in [1.29, 1.82) is 0 Å². The third-order valence-electron chi connectivity index (χ3n) is 2.89. The van der Waals surface area contributed by atoms with Gasteiger partial charge in [0.25, 0.3) is 11.8 Å². The van der Waals surface area contributed by atoms with Gasteiger partial charge in [-0.2, -0.15) is 0 Å². The topological polar surface area (TPSA) is 67.4 Å². The van der Waals surface area contributed by atoms with Crippen molar-refractivity contribution in [3.8, 4) is 5.75 Å². The molecule has 2 rings (SSSR count). The van der Waals surface area contributed by atoms with Gasteiger partial charge in [0, 0.05) is 5.56 Å². The summed E-state index contributed by atoms with van der Waals surface area (Å²) in [4.78, 5) is 23.8. The van der Waals surface area contributed by atoms with Gasteiger partial charge >= 0.3 is 0 Å². The highest BCUT2D eigenvalue weighted by Crippen LogP contribution is 2.17. The van der Waals surface area contributed by atoms with Crippen molar-refractivity contribution in [3.63, 3.8) is 0 Å². The number of carbonyl (C=O) groups is 2. The van der Waals surface area contributed by atoms with Crippen LogP contribution in [-0.4, -0.2) is 18.4 Å². The fourth-order valence-corrected chi connectivity index (χ4v) is 2.05. The van der Waals surface area contributed by atoms with E-state index in [2.05, 4.69) is 10.9 Å². The van der Waals surface area contributed by atoms with Gasteiger partial charge in [-0.25, -0.2) is 4.39 Å². The number of benzene rings is 2. The summed E-state index contributed by atoms with van der Waals surface area (Å²) in [6.07, 6.45) is 0. The number of nitrogens with one attached hydrogen (secondary N) is 2. The highest BCUT2D eigenvalue weighted by Gasteiger charge is 2.12. The predicted molar refractivity (Wildman–Crippen MR) is 84.0 cm³/mol. The molecule has 0 aliphatic heterocycles. The van der Waals surface area contributed by atoms with Crippen LogP contribution >= 0.6 is 11.6 Å². The Morgan fingerprint density at radius 1 is 1.09 bits per heavy atom. The van der Waals surface area contributed by atoms with Crippen LogP contribution in [0.2, 0.25) is 5.02 Å². The van der Waals surface area contributed by atoms with E-state index in [4.69, 9.17) is 16.3 Å². The molecule has 2 amide bonds. The number of rotatable bonds is 4. The average molecular weight is 337 g/mol. The minimum Gasteiger partial charge on any atom is -0.494 e. The Morgan fingerprint density at radius 3 is 2.35 bits per heavy atom. The van der Waals surface area contributed by atoms with E-state index in [1.165, 1.54) is 6.07 Å². The quantitative estimate of drug-likeness (QED) is 0.843. The number of ether oxygens (including phenoxy) is 1. The Balaban J connectivity index is 1.96. The summed E-state index contributed by atoms with van der Waals surface area (Å²) in [5.74, 6) is -1.05. The molecule has 0 heterocycles. The van der Waals surface area contributed by atoms with Gasteiger partial charge in [0.05, 0.1) is 17.2 Å². The number of hydrogen-bond acceptors (Lipinski definition) is 3. The maximum atomic E-state index is 12.9. The molecule has 2 aromatic rings. The maximum absolute atomic E-state index is 12.9. The second-order valence-electron chi connectivity index (χ2n) is 4.49. The van der Waals surface area contributed by atoms with Gasteiger partial charge < -0.3 is 4.74 Å². The number of halogens is 2. The number of hydrazine groups is 1. The van der Waals surface area contributed by atoms with Gasteiger partial charge in [0.15, 0.2) is 0 Å². The van der Waals surface area contributed by atoms with Crippen LogP contribution in [0, 0.1) is 5.82 Å². The summed E-state index contributed by atoms with van der Waals surface area (Å²) >= 11 is 5.78. The van der Waals surface area contributed by atoms with Crippen LogP contribution in [0.15, 0.2) is 42.5 Å². The van der Waals surface area contributed by atoms with E-state index in [-0.39, 0.29) is 10.6 Å². The van der Waals surface area contributed by atoms with E-state index in [0.717, 1.165) is 12.1 Å². The van der Waals surface area contributed by atoms with Crippen molar-refractivity contribution in [1.82, 2.24) is 10.9 Å². The molecule has 0 radical (unpaired) electrons. The zero-order valence-electron chi connectivity index (χ0n) is 12.2. The van der Waals surface area contributed by atoms with E-state index in [1.54, 1.807) is 24.3 Å². The fraction of sp³-hybridized carbons (Fsp3) is 0.125. The lowest BCUT2D eigenvalue weighted by molar-refractivity contribution is 0.0846. The molecular formula is C16H14ClFN2O3. The first-order valence-corrected chi connectivity index (χ1v) is 7.17. The molecule has 23 heavy (non-hydrogen) atoms. The highest BCUT2D eigenvalue weighted by molar-refractivity contribution is 6.33. The van der Waals surface area contributed by atoms with Crippen LogP contribution < -0.4 is 15.6 Å². The molecule has 0 aromatic heterocycles. The molecule has 2 N–H and O–H groups in total. The van der Waals surface area contributed by atoms with Crippen LogP contribution in [0.3, 0.4) is 0 Å². The second kappa shape index (κ2) is 7.60. The van der Waals surface area contributed by atoms with Crippen molar-refractivity contribution >= 4 is 23.4 Å². The molecule has 0 fully saturated rings. The Hall–Kier alpha value is -2.60. The zero-order valence-corrected chi connectivity index (χ0v) is 13.0. The highest BCUT2D eigenvalue weighted by atomic mass is 35.5. The number of hydrogen-bond donors (Lipinski definition) is 2. The first-order chi connectivity index (χ1) is 11.0. The Morgan fingerprint density at radius 2 is 1.74 bits per heavy atom. The molecule has 5 nitrogen and oxygen atoms in total. The van der Waals surface area contributed by atoms with Crippen LogP contribution in [-0.2, 0) is 0 Å². The lowest BCUT2D eigenvalue weighted by Crippen LogP contribution is -2.41. The van der Waals surface area contributed by atoms with Gasteiger partial charge in [0.1, 0.15) is 11.6 Å². The van der Waals surface area contributed by atoms with Gasteiger partial charge in [-0.05, 0) is 49.4 Å². The molecule has 0 unspecified atom stereocenters. The summed E-state index contributed by atoms with van der Waals surface area (Å²) in [5, 5.41) is -0.0437. The van der Waals surface area contributed by atoms with Crippen molar-refractivity contribution in [2.45, 2.75) is 6.92 Å². The van der Waals surface area contributed by atoms with Crippen molar-refractivity contribution in [3.05, 3.63) is 64.4 Å². The summed E-state index contributed by atoms with van der Waals surface area (Å²) in [5.41, 5.74) is 4.88. The third kappa shape index (κ3) is 4.43. The second-order valence-corrected chi connectivity index (χ2v) is 4.90. The van der Waals surface area contributed by atoms with E-state index < -0.39 is 17.6 Å². The Labute approximate surface area is 137 Å². The molecule has 0 saturated carbocycles. The Bertz CT molecular complexity index is 720. The summed E-state index contributed by atoms with van der Waals surface area (Å²) in [7, 11) is 0. The van der Waals surface area contributed by atoms with Crippen molar-refractivity contribution in [2.24, 2.45) is 0 Å². The van der Waals surface area contributed by atoms with Crippen LogP contribution in [0.1, 0.15) is 27.6 Å². The van der Waals surface area contributed by atoms with Crippen LogP contribution in [0.4, 0.5) is 4.39 Å². The molecule has 0 aliphatic rings. The summed E-state index contributed by atoms with van der Waals surface area (Å²) in [6.45, 7) is 2.39. The molecule has 2 aromatic carbocycles. The molecule has 0 bridgehead atoms. The van der Waals surface area contributed by atoms with Gasteiger partial charge in [-0.3, -0.25) is 20.4 Å². The van der Waals surface area contributed by atoms with E-state index in [0.29, 0.717) is 17.9 Å². The lowest BCUT2D eigenvalue weighted by Gasteiger charge is -2.09. The van der Waals surface area contributed by atoms with E-state index >= 15 is 0 Å². The van der Waals surface area contributed by atoms with Crippen molar-refractivity contribution < 1.29 is 18.7 Å². The van der Waals surface area contributed by atoms with Crippen LogP contribution in [0.25, 0.3) is 0 Å². The predicted octanol–water partition coefficient (Wildman–Crippen LogP) is 2.95. The zero-order chi connectivity index (χ0) is 16.8. The van der Waals surface area contributed by atoms with Gasteiger partial charge in [0.2, 0.25) is 0 Å². The smallest absolute Gasteiger partial charge is 0.271 e. The minimum absolute atomic E-state index is 0.0437. The molecular weight excluding hydrogens is 323 g/mol. The lowest BCUT2D eigenvalue weighted by atomic mass is 10.2. The normalized spacial score (nSPS) is 10.0. The van der Waals surface area contributed by atoms with Crippen molar-refractivity contribution in [2.75, 3.05) is 6.61 Å². The molecule has 0 spiro atoms. The Kier molecular flexibility index (Phi) is 5.54. The molecule has 0 atom stereocenters. The summed E-state index contributed by atoms with van der Waals surface area (Å²) < 4.78 is 18.2. The maximum Gasteiger partial charge on any atom is 0.271 e. The first-order valence-electron chi connectivity index (χ1n) is 6.80. The third-order valence-corrected chi connectivity index (χ3v) is 3.21. The first kappa shape index (κ1) is 16.8. The number of amides is 2. The van der Waals surface area contributed by atoms with Crippen LogP contribution in [0.5, 0.6) is 5.75 Å². The molecule has 7 heteroatoms. The average Bonchev–Trinajstić information content (AvgIpc) is 2.53. The standard InChI is InChI=1S/C16H14ClFN2O3/c1-2-23-12-6-3-10(4-7-12)15(21)19-20-16(22)13-8-5-11(18)9-14(13)17/h3-9H,2H2,1H3,(H,19,21)(H,20,22).